The first-order chi connectivity index (χ1) is 13.5. The van der Waals surface area contributed by atoms with E-state index in [1.54, 1.807) is 0 Å². The lowest BCUT2D eigenvalue weighted by molar-refractivity contribution is -0.144. The zero-order valence-electron chi connectivity index (χ0n) is 15.2. The number of nitrogens with two attached hydrogens (primary N) is 1. The summed E-state index contributed by atoms with van der Waals surface area (Å²) in [6.45, 7) is 0. The number of hydrogen-bond acceptors (Lipinski definition) is 5. The number of esters is 1. The third-order valence-corrected chi connectivity index (χ3v) is 5.63. The number of aromatic nitrogens is 1. The first-order valence-corrected chi connectivity index (χ1v) is 10.0. The number of alkyl halides is 3. The van der Waals surface area contributed by atoms with E-state index < -0.39 is 33.7 Å². The van der Waals surface area contributed by atoms with Crippen molar-refractivity contribution in [1.82, 2.24) is 4.98 Å². The molecule has 2 N–H and O–H groups in total. The third kappa shape index (κ3) is 4.48. The highest BCUT2D eigenvalue weighted by molar-refractivity contribution is 7.89. The molecule has 1 aromatic carbocycles. The Kier molecular flexibility index (Phi) is 5.50. The monoisotopic (exact) mass is 426 g/mol. The van der Waals surface area contributed by atoms with Crippen molar-refractivity contribution < 1.29 is 31.1 Å². The van der Waals surface area contributed by atoms with Crippen LogP contribution in [0.2, 0.25) is 0 Å². The van der Waals surface area contributed by atoms with Crippen LogP contribution in [0.15, 0.2) is 47.5 Å². The van der Waals surface area contributed by atoms with Gasteiger partial charge in [0.15, 0.2) is 0 Å². The molecule has 0 saturated carbocycles. The number of pyridine rings is 1. The molecule has 3 rings (SSSR count). The van der Waals surface area contributed by atoms with E-state index in [1.165, 1.54) is 31.4 Å². The zero-order valence-corrected chi connectivity index (χ0v) is 16.0. The van der Waals surface area contributed by atoms with E-state index >= 15 is 0 Å². The van der Waals surface area contributed by atoms with Crippen molar-refractivity contribution in [3.63, 3.8) is 0 Å². The smallest absolute Gasteiger partial charge is 0.416 e. The van der Waals surface area contributed by atoms with Crippen molar-refractivity contribution in [1.29, 1.82) is 0 Å². The van der Waals surface area contributed by atoms with E-state index in [0.717, 1.165) is 18.3 Å². The Morgan fingerprint density at radius 1 is 1.10 bits per heavy atom. The fourth-order valence-corrected chi connectivity index (χ4v) is 3.74. The maximum atomic E-state index is 12.8. The van der Waals surface area contributed by atoms with E-state index in [-0.39, 0.29) is 17.7 Å². The van der Waals surface area contributed by atoms with Gasteiger partial charge in [-0.25, -0.2) is 13.6 Å². The van der Waals surface area contributed by atoms with Crippen molar-refractivity contribution in [2.75, 3.05) is 7.11 Å². The quantitative estimate of drug-likeness (QED) is 0.757. The number of methoxy groups -OCH3 is 1. The minimum absolute atomic E-state index is 0.166. The van der Waals surface area contributed by atoms with Crippen LogP contribution in [0.1, 0.15) is 29.7 Å². The molecule has 2 aromatic rings. The molecular formula is C19H17F3N2O4S. The normalized spacial score (nSPS) is 17.5. The van der Waals surface area contributed by atoms with Gasteiger partial charge in [-0.05, 0) is 53.8 Å². The van der Waals surface area contributed by atoms with Crippen molar-refractivity contribution >= 4 is 27.1 Å². The summed E-state index contributed by atoms with van der Waals surface area (Å²) in [6.07, 6.45) is -2.81. The van der Waals surface area contributed by atoms with Gasteiger partial charge in [0, 0.05) is 6.20 Å². The molecule has 1 aliphatic carbocycles. The summed E-state index contributed by atoms with van der Waals surface area (Å²) in [5.41, 5.74) is 1.46. The number of carbonyl (C=O) groups is 1. The van der Waals surface area contributed by atoms with Gasteiger partial charge in [0.1, 0.15) is 4.90 Å². The van der Waals surface area contributed by atoms with Crippen molar-refractivity contribution in [3.8, 4) is 0 Å². The van der Waals surface area contributed by atoms with Gasteiger partial charge in [0.25, 0.3) is 0 Å². The SMILES string of the molecule is COC(=O)C1CC(c2ccc(C(F)(F)F)cc2)=C(c2ccc(S(N)(=O)=O)cn2)C1. The predicted octanol–water partition coefficient (Wildman–Crippen LogP) is 3.24. The second-order valence-corrected chi connectivity index (χ2v) is 8.15. The number of halogens is 3. The maximum Gasteiger partial charge on any atom is 0.416 e. The highest BCUT2D eigenvalue weighted by Crippen LogP contribution is 2.43. The molecule has 1 heterocycles. The number of primary sulfonamides is 1. The van der Waals surface area contributed by atoms with E-state index in [4.69, 9.17) is 9.88 Å². The van der Waals surface area contributed by atoms with Gasteiger partial charge < -0.3 is 4.74 Å². The average molecular weight is 426 g/mol. The number of sulfonamides is 1. The fraction of sp³-hybridized carbons (Fsp3) is 0.263. The molecule has 1 unspecified atom stereocenters. The molecule has 1 aromatic heterocycles. The Morgan fingerprint density at radius 3 is 2.21 bits per heavy atom. The molecule has 10 heteroatoms. The molecule has 1 atom stereocenters. The summed E-state index contributed by atoms with van der Waals surface area (Å²) < 4.78 is 66.2. The Labute approximate surface area is 165 Å². The number of nitrogens with zero attached hydrogens (tertiary/aromatic N) is 1. The summed E-state index contributed by atoms with van der Waals surface area (Å²) in [4.78, 5) is 16.0. The Morgan fingerprint density at radius 2 is 1.72 bits per heavy atom. The van der Waals surface area contributed by atoms with Gasteiger partial charge >= 0.3 is 12.1 Å². The van der Waals surface area contributed by atoms with Gasteiger partial charge in [-0.2, -0.15) is 13.2 Å². The second-order valence-electron chi connectivity index (χ2n) is 6.58. The van der Waals surface area contributed by atoms with Crippen LogP contribution >= 0.6 is 0 Å². The van der Waals surface area contributed by atoms with E-state index in [1.807, 2.05) is 0 Å². The minimum Gasteiger partial charge on any atom is -0.469 e. The minimum atomic E-state index is -4.45. The molecule has 0 bridgehead atoms. The lowest BCUT2D eigenvalue weighted by atomic mass is 9.98. The zero-order chi connectivity index (χ0) is 21.4. The molecule has 6 nitrogen and oxygen atoms in total. The summed E-state index contributed by atoms with van der Waals surface area (Å²) in [7, 11) is -2.65. The lowest BCUT2D eigenvalue weighted by Gasteiger charge is -2.11. The van der Waals surface area contributed by atoms with E-state index in [9.17, 15) is 26.4 Å². The number of benzene rings is 1. The molecular weight excluding hydrogens is 409 g/mol. The standard InChI is InChI=1S/C19H17F3N2O4S/c1-28-18(25)12-8-15(11-2-4-13(5-3-11)19(20,21)22)16(9-12)17-7-6-14(10-24-17)29(23,26)27/h2-7,10,12H,8-9H2,1H3,(H2,23,26,27). The van der Waals surface area contributed by atoms with Crippen LogP contribution in [0.3, 0.4) is 0 Å². The largest absolute Gasteiger partial charge is 0.469 e. The maximum absolute atomic E-state index is 12.8. The van der Waals surface area contributed by atoms with Gasteiger partial charge in [-0.3, -0.25) is 9.78 Å². The lowest BCUT2D eigenvalue weighted by Crippen LogP contribution is -2.13. The number of hydrogen-bond donors (Lipinski definition) is 1. The molecule has 154 valence electrons. The van der Waals surface area contributed by atoms with Gasteiger partial charge in [-0.15, -0.1) is 0 Å². The first-order valence-electron chi connectivity index (χ1n) is 8.47. The van der Waals surface area contributed by atoms with Crippen molar-refractivity contribution in [2.24, 2.45) is 11.1 Å². The molecule has 0 amide bonds. The average Bonchev–Trinajstić information content (AvgIpc) is 3.11. The third-order valence-electron chi connectivity index (χ3n) is 4.73. The van der Waals surface area contributed by atoms with Crippen LogP contribution < -0.4 is 5.14 Å². The topological polar surface area (TPSA) is 99.4 Å². The molecule has 0 saturated heterocycles. The van der Waals surface area contributed by atoms with Crippen LogP contribution in [0.25, 0.3) is 11.1 Å². The summed E-state index contributed by atoms with van der Waals surface area (Å²) >= 11 is 0. The molecule has 0 fully saturated rings. The van der Waals surface area contributed by atoms with Gasteiger partial charge in [0.05, 0.1) is 24.3 Å². The Balaban J connectivity index is 2.04. The summed E-state index contributed by atoms with van der Waals surface area (Å²) in [5.74, 6) is -0.947. The second kappa shape index (κ2) is 7.60. The molecule has 0 spiro atoms. The number of ether oxygens (including phenoxy) is 1. The van der Waals surface area contributed by atoms with Crippen LogP contribution in [-0.4, -0.2) is 26.5 Å². The highest BCUT2D eigenvalue weighted by atomic mass is 32.2. The Bertz CT molecular complexity index is 1060. The summed E-state index contributed by atoms with van der Waals surface area (Å²) in [6, 6.07) is 7.39. The number of rotatable bonds is 4. The van der Waals surface area contributed by atoms with Gasteiger partial charge in [0.2, 0.25) is 10.0 Å². The Hall–Kier alpha value is -2.72. The van der Waals surface area contributed by atoms with Crippen molar-refractivity contribution in [2.45, 2.75) is 23.9 Å². The molecule has 1 aliphatic rings. The predicted molar refractivity (Wildman–Crippen MR) is 98.6 cm³/mol. The number of allylic oxidation sites excluding steroid dienone is 2. The van der Waals surface area contributed by atoms with Crippen LogP contribution in [0.4, 0.5) is 13.2 Å². The van der Waals surface area contributed by atoms with E-state index in [2.05, 4.69) is 4.98 Å². The van der Waals surface area contributed by atoms with Crippen molar-refractivity contribution in [3.05, 3.63) is 59.4 Å². The van der Waals surface area contributed by atoms with Crippen LogP contribution in [0, 0.1) is 5.92 Å². The molecule has 29 heavy (non-hydrogen) atoms. The first kappa shape index (κ1) is 21.0. The van der Waals surface area contributed by atoms with Crippen LogP contribution in [0.5, 0.6) is 0 Å². The van der Waals surface area contributed by atoms with Gasteiger partial charge in [-0.1, -0.05) is 12.1 Å². The van der Waals surface area contributed by atoms with E-state index in [0.29, 0.717) is 22.4 Å². The number of carbonyl (C=O) groups excluding carboxylic acids is 1. The molecule has 0 aliphatic heterocycles. The highest BCUT2D eigenvalue weighted by Gasteiger charge is 2.33. The molecule has 0 radical (unpaired) electrons. The van der Waals surface area contributed by atoms with Crippen LogP contribution in [-0.2, 0) is 25.7 Å². The summed E-state index contributed by atoms with van der Waals surface area (Å²) in [5, 5.41) is 5.07. The fourth-order valence-electron chi connectivity index (χ4n) is 3.28.